The predicted molar refractivity (Wildman–Crippen MR) is 99.9 cm³/mol. The first-order valence-electron chi connectivity index (χ1n) is 9.20. The van der Waals surface area contributed by atoms with E-state index in [9.17, 15) is 0 Å². The van der Waals surface area contributed by atoms with Crippen LogP contribution in [0.5, 0.6) is 0 Å². The highest BCUT2D eigenvalue weighted by molar-refractivity contribution is 5.79. The van der Waals surface area contributed by atoms with Crippen molar-refractivity contribution in [2.75, 3.05) is 46.6 Å². The van der Waals surface area contributed by atoms with Gasteiger partial charge in [-0.05, 0) is 30.4 Å². The molecule has 25 heavy (non-hydrogen) atoms. The van der Waals surface area contributed by atoms with Crippen LogP contribution in [0.2, 0.25) is 0 Å². The number of guanidine groups is 1. The Hall–Kier alpha value is -1.53. The van der Waals surface area contributed by atoms with Gasteiger partial charge in [-0.3, -0.25) is 4.99 Å². The topological polar surface area (TPSA) is 68.0 Å². The van der Waals surface area contributed by atoms with E-state index in [1.807, 2.05) is 12.1 Å². The van der Waals surface area contributed by atoms with Crippen LogP contribution in [-0.4, -0.2) is 52.5 Å². The lowest BCUT2D eigenvalue weighted by Crippen LogP contribution is -2.41. The van der Waals surface area contributed by atoms with E-state index in [1.165, 1.54) is 0 Å². The summed E-state index contributed by atoms with van der Waals surface area (Å²) in [6.07, 6.45) is 4.66. The van der Waals surface area contributed by atoms with Crippen LogP contribution in [-0.2, 0) is 15.9 Å². The quantitative estimate of drug-likeness (QED) is 0.501. The predicted octanol–water partition coefficient (Wildman–Crippen LogP) is 2.46. The molecule has 1 saturated heterocycles. The maximum absolute atomic E-state index is 5.45. The van der Waals surface area contributed by atoms with Crippen LogP contribution in [0.4, 0.5) is 0 Å². The van der Waals surface area contributed by atoms with E-state index in [-0.39, 0.29) is 5.41 Å². The van der Waals surface area contributed by atoms with Crippen molar-refractivity contribution in [2.45, 2.75) is 33.1 Å². The van der Waals surface area contributed by atoms with Crippen molar-refractivity contribution in [2.24, 2.45) is 16.3 Å². The molecular formula is C19H33N3O3. The first kappa shape index (κ1) is 19.8. The lowest BCUT2D eigenvalue weighted by molar-refractivity contribution is 0.155. The Morgan fingerprint density at radius 1 is 1.40 bits per heavy atom. The molecule has 0 radical (unpaired) electrons. The molecule has 1 aromatic heterocycles. The molecule has 1 aromatic rings. The van der Waals surface area contributed by atoms with Gasteiger partial charge < -0.3 is 24.5 Å². The van der Waals surface area contributed by atoms with Crippen LogP contribution >= 0.6 is 0 Å². The summed E-state index contributed by atoms with van der Waals surface area (Å²) in [6.45, 7) is 9.36. The normalized spacial score (nSPS) is 18.5. The number of hydrogen-bond acceptors (Lipinski definition) is 4. The number of aliphatic imine (C=N–C) groups is 1. The first-order chi connectivity index (χ1) is 12.1. The lowest BCUT2D eigenvalue weighted by atomic mass is 9.90. The minimum atomic E-state index is 0.113. The number of furan rings is 1. The van der Waals surface area contributed by atoms with Crippen molar-refractivity contribution in [3.05, 3.63) is 24.2 Å². The molecule has 0 spiro atoms. The summed E-state index contributed by atoms with van der Waals surface area (Å²) in [6, 6.07) is 3.91. The molecule has 6 heteroatoms. The van der Waals surface area contributed by atoms with Gasteiger partial charge in [0, 0.05) is 52.3 Å². The van der Waals surface area contributed by atoms with Crippen molar-refractivity contribution >= 4 is 5.96 Å². The number of nitrogens with one attached hydrogen (secondary N) is 2. The Balaban J connectivity index is 1.83. The van der Waals surface area contributed by atoms with Crippen molar-refractivity contribution in [1.82, 2.24) is 10.6 Å². The second-order valence-electron chi connectivity index (χ2n) is 7.44. The third-order valence-electron chi connectivity index (χ3n) is 4.47. The Labute approximate surface area is 151 Å². The molecule has 0 amide bonds. The van der Waals surface area contributed by atoms with E-state index >= 15 is 0 Å². The molecule has 142 valence electrons. The standard InChI is InChI=1S/C19H33N3O3/c1-19(2,8-12-23-3)15-22-18(21-13-16-7-11-24-14-16)20-9-6-17-5-4-10-25-17/h4-5,10,16H,6-9,11-15H2,1-3H3,(H2,20,21,22). The molecule has 0 saturated carbocycles. The number of ether oxygens (including phenoxy) is 2. The van der Waals surface area contributed by atoms with Crippen molar-refractivity contribution in [1.29, 1.82) is 0 Å². The zero-order valence-electron chi connectivity index (χ0n) is 15.8. The highest BCUT2D eigenvalue weighted by Crippen LogP contribution is 2.20. The SMILES string of the molecule is COCCC(C)(C)CN=C(NCCc1ccco1)NCC1CCOC1. The van der Waals surface area contributed by atoms with Gasteiger partial charge in [-0.15, -0.1) is 0 Å². The summed E-state index contributed by atoms with van der Waals surface area (Å²) in [7, 11) is 1.74. The molecule has 1 aliphatic rings. The summed E-state index contributed by atoms with van der Waals surface area (Å²) >= 11 is 0. The fourth-order valence-electron chi connectivity index (χ4n) is 2.67. The Morgan fingerprint density at radius 2 is 2.28 bits per heavy atom. The summed E-state index contributed by atoms with van der Waals surface area (Å²) in [4.78, 5) is 4.80. The second-order valence-corrected chi connectivity index (χ2v) is 7.44. The number of nitrogens with zero attached hydrogens (tertiary/aromatic N) is 1. The molecular weight excluding hydrogens is 318 g/mol. The van der Waals surface area contributed by atoms with Crippen LogP contribution in [0.1, 0.15) is 32.4 Å². The van der Waals surface area contributed by atoms with Gasteiger partial charge in [-0.2, -0.15) is 0 Å². The molecule has 1 aliphatic heterocycles. The van der Waals surface area contributed by atoms with Crippen LogP contribution < -0.4 is 10.6 Å². The second kappa shape index (κ2) is 10.5. The molecule has 0 bridgehead atoms. The molecule has 1 atom stereocenters. The van der Waals surface area contributed by atoms with Gasteiger partial charge in [-0.25, -0.2) is 0 Å². The fraction of sp³-hybridized carbons (Fsp3) is 0.737. The van der Waals surface area contributed by atoms with Gasteiger partial charge in [0.15, 0.2) is 5.96 Å². The third-order valence-corrected chi connectivity index (χ3v) is 4.47. The Kier molecular flexibility index (Phi) is 8.28. The first-order valence-corrected chi connectivity index (χ1v) is 9.20. The molecule has 2 heterocycles. The van der Waals surface area contributed by atoms with E-state index in [2.05, 4.69) is 24.5 Å². The molecule has 0 aromatic carbocycles. The molecule has 6 nitrogen and oxygen atoms in total. The summed E-state index contributed by atoms with van der Waals surface area (Å²) in [5.74, 6) is 2.42. The summed E-state index contributed by atoms with van der Waals surface area (Å²) in [5.41, 5.74) is 0.113. The minimum absolute atomic E-state index is 0.113. The van der Waals surface area contributed by atoms with Gasteiger partial charge in [0.1, 0.15) is 5.76 Å². The van der Waals surface area contributed by atoms with Crippen molar-refractivity contribution in [3.8, 4) is 0 Å². The van der Waals surface area contributed by atoms with Crippen molar-refractivity contribution in [3.63, 3.8) is 0 Å². The highest BCUT2D eigenvalue weighted by atomic mass is 16.5. The average Bonchev–Trinajstić information content (AvgIpc) is 3.28. The van der Waals surface area contributed by atoms with Gasteiger partial charge in [-0.1, -0.05) is 13.8 Å². The maximum Gasteiger partial charge on any atom is 0.191 e. The van der Waals surface area contributed by atoms with E-state index in [0.29, 0.717) is 5.92 Å². The molecule has 2 rings (SSSR count). The summed E-state index contributed by atoms with van der Waals surface area (Å²) < 4.78 is 16.0. The highest BCUT2D eigenvalue weighted by Gasteiger charge is 2.19. The smallest absolute Gasteiger partial charge is 0.191 e. The monoisotopic (exact) mass is 351 g/mol. The zero-order chi connectivity index (χ0) is 18.0. The number of methoxy groups -OCH3 is 1. The van der Waals surface area contributed by atoms with E-state index in [0.717, 1.165) is 70.4 Å². The maximum atomic E-state index is 5.45. The Bertz CT molecular complexity index is 494. The van der Waals surface area contributed by atoms with Crippen LogP contribution in [0, 0.1) is 11.3 Å². The number of hydrogen-bond donors (Lipinski definition) is 2. The lowest BCUT2D eigenvalue weighted by Gasteiger charge is -2.23. The largest absolute Gasteiger partial charge is 0.469 e. The fourth-order valence-corrected chi connectivity index (χ4v) is 2.67. The third kappa shape index (κ3) is 7.92. The van der Waals surface area contributed by atoms with Gasteiger partial charge >= 0.3 is 0 Å². The minimum Gasteiger partial charge on any atom is -0.469 e. The molecule has 0 aliphatic carbocycles. The van der Waals surface area contributed by atoms with Crippen LogP contribution in [0.3, 0.4) is 0 Å². The van der Waals surface area contributed by atoms with E-state index in [4.69, 9.17) is 18.9 Å². The Morgan fingerprint density at radius 3 is 2.96 bits per heavy atom. The van der Waals surface area contributed by atoms with Gasteiger partial charge in [0.05, 0.1) is 12.9 Å². The molecule has 2 N–H and O–H groups in total. The van der Waals surface area contributed by atoms with Crippen LogP contribution in [0.25, 0.3) is 0 Å². The van der Waals surface area contributed by atoms with Gasteiger partial charge in [0.2, 0.25) is 0 Å². The van der Waals surface area contributed by atoms with E-state index < -0.39 is 0 Å². The number of rotatable bonds is 10. The van der Waals surface area contributed by atoms with Crippen molar-refractivity contribution < 1.29 is 13.9 Å². The zero-order valence-corrected chi connectivity index (χ0v) is 15.8. The summed E-state index contributed by atoms with van der Waals surface area (Å²) in [5, 5.41) is 6.88. The van der Waals surface area contributed by atoms with Gasteiger partial charge in [0.25, 0.3) is 0 Å². The van der Waals surface area contributed by atoms with E-state index in [1.54, 1.807) is 13.4 Å². The average molecular weight is 351 g/mol. The molecule has 1 fully saturated rings. The molecule has 1 unspecified atom stereocenters. The van der Waals surface area contributed by atoms with Crippen LogP contribution in [0.15, 0.2) is 27.8 Å².